The maximum absolute atomic E-state index is 13.7. The molecule has 28 heavy (non-hydrogen) atoms. The van der Waals surface area contributed by atoms with Crippen molar-refractivity contribution in [3.05, 3.63) is 64.9 Å². The second kappa shape index (κ2) is 7.18. The van der Waals surface area contributed by atoms with Crippen molar-refractivity contribution in [1.29, 1.82) is 0 Å². The fourth-order valence-corrected chi connectivity index (χ4v) is 4.30. The Kier molecular flexibility index (Phi) is 4.85. The third-order valence-electron chi connectivity index (χ3n) is 5.75. The largest absolute Gasteiger partial charge is 0.337 e. The predicted octanol–water partition coefficient (Wildman–Crippen LogP) is 3.04. The minimum Gasteiger partial charge on any atom is -0.337 e. The number of likely N-dealkylation sites (N-methyl/N-ethyl adjacent to an activating group) is 1. The molecule has 2 fully saturated rings. The molecule has 2 aromatic rings. The lowest BCUT2D eigenvalue weighted by molar-refractivity contribution is -0.123. The van der Waals surface area contributed by atoms with E-state index >= 15 is 0 Å². The van der Waals surface area contributed by atoms with Crippen LogP contribution in [0.1, 0.15) is 16.8 Å². The molecule has 2 aliphatic rings. The molecule has 0 aliphatic carbocycles. The first-order chi connectivity index (χ1) is 13.4. The Morgan fingerprint density at radius 1 is 1.14 bits per heavy atom. The molecule has 5 nitrogen and oxygen atoms in total. The minimum absolute atomic E-state index is 0.0676. The van der Waals surface area contributed by atoms with Gasteiger partial charge in [-0.3, -0.25) is 14.5 Å². The number of hydrogen-bond donors (Lipinski definition) is 0. The molecule has 2 saturated heterocycles. The molecule has 2 heterocycles. The molecule has 1 atom stereocenters. The Hall–Kier alpha value is -2.44. The Balaban J connectivity index is 1.57. The van der Waals surface area contributed by atoms with Gasteiger partial charge in [-0.15, -0.1) is 0 Å². The van der Waals surface area contributed by atoms with Crippen LogP contribution in [0.4, 0.5) is 10.1 Å². The van der Waals surface area contributed by atoms with Crippen LogP contribution in [0.3, 0.4) is 0 Å². The number of anilines is 1. The monoisotopic (exact) mass is 401 g/mol. The van der Waals surface area contributed by atoms with E-state index in [4.69, 9.17) is 11.6 Å². The van der Waals surface area contributed by atoms with Gasteiger partial charge in [0.1, 0.15) is 5.82 Å². The summed E-state index contributed by atoms with van der Waals surface area (Å²) in [7, 11) is 1.91. The van der Waals surface area contributed by atoms with Gasteiger partial charge in [0.05, 0.1) is 12.1 Å². The first-order valence-corrected chi connectivity index (χ1v) is 9.58. The maximum atomic E-state index is 13.7. The van der Waals surface area contributed by atoms with Gasteiger partial charge in [-0.05, 0) is 49.9 Å². The predicted molar refractivity (Wildman–Crippen MR) is 106 cm³/mol. The number of piperazine rings is 1. The van der Waals surface area contributed by atoms with Crippen LogP contribution in [0, 0.1) is 5.82 Å². The summed E-state index contributed by atoms with van der Waals surface area (Å²) in [6.07, 6.45) is 0.745. The van der Waals surface area contributed by atoms with Crippen molar-refractivity contribution in [2.45, 2.75) is 12.0 Å². The van der Waals surface area contributed by atoms with Gasteiger partial charge in [0.2, 0.25) is 5.91 Å². The number of hydrogen-bond acceptors (Lipinski definition) is 3. The molecular formula is C21H21ClFN3O2. The summed E-state index contributed by atoms with van der Waals surface area (Å²) in [6, 6.07) is 13.0. The number of carbonyl (C=O) groups excluding carboxylic acids is 2. The van der Waals surface area contributed by atoms with E-state index in [-0.39, 0.29) is 29.7 Å². The van der Waals surface area contributed by atoms with E-state index in [1.165, 1.54) is 12.1 Å². The second-order valence-electron chi connectivity index (χ2n) is 7.53. The summed E-state index contributed by atoms with van der Waals surface area (Å²) in [5, 5.41) is 0.525. The van der Waals surface area contributed by atoms with Gasteiger partial charge >= 0.3 is 0 Å². The highest BCUT2D eigenvalue weighted by molar-refractivity contribution is 6.30. The van der Waals surface area contributed by atoms with Crippen LogP contribution in [0.2, 0.25) is 5.02 Å². The van der Waals surface area contributed by atoms with Crippen LogP contribution in [-0.2, 0) is 4.79 Å². The van der Waals surface area contributed by atoms with E-state index in [9.17, 15) is 14.0 Å². The van der Waals surface area contributed by atoms with Crippen molar-refractivity contribution in [3.8, 4) is 0 Å². The molecule has 2 amide bonds. The smallest absolute Gasteiger partial charge is 0.253 e. The first kappa shape index (κ1) is 18.9. The van der Waals surface area contributed by atoms with Crippen LogP contribution in [0.15, 0.2) is 48.5 Å². The molecule has 146 valence electrons. The topological polar surface area (TPSA) is 43.9 Å². The summed E-state index contributed by atoms with van der Waals surface area (Å²) in [5.41, 5.74) is 0.757. The van der Waals surface area contributed by atoms with Crippen molar-refractivity contribution in [3.63, 3.8) is 0 Å². The van der Waals surface area contributed by atoms with E-state index in [0.29, 0.717) is 35.9 Å². The van der Waals surface area contributed by atoms with E-state index in [2.05, 4.69) is 0 Å². The van der Waals surface area contributed by atoms with Crippen LogP contribution in [-0.4, -0.2) is 60.4 Å². The van der Waals surface area contributed by atoms with E-state index in [1.54, 1.807) is 41.3 Å². The molecule has 7 heteroatoms. The molecule has 4 rings (SSSR count). The van der Waals surface area contributed by atoms with Crippen molar-refractivity contribution < 1.29 is 14.0 Å². The SMILES string of the molecule is CN1CC(=O)N(c2cccc(F)c2)CC12CCN(C(=O)c1cccc(Cl)c1)C2. The van der Waals surface area contributed by atoms with Crippen LogP contribution in [0.25, 0.3) is 0 Å². The number of amides is 2. The molecular weight excluding hydrogens is 381 g/mol. The summed E-state index contributed by atoms with van der Waals surface area (Å²) >= 11 is 6.02. The first-order valence-electron chi connectivity index (χ1n) is 9.20. The maximum Gasteiger partial charge on any atom is 0.253 e. The number of nitrogens with zero attached hydrogens (tertiary/aromatic N) is 3. The number of rotatable bonds is 2. The van der Waals surface area contributed by atoms with Crippen molar-refractivity contribution in [2.24, 2.45) is 0 Å². The molecule has 2 aromatic carbocycles. The minimum atomic E-state index is -0.373. The molecule has 1 spiro atoms. The molecule has 0 radical (unpaired) electrons. The molecule has 0 bridgehead atoms. The third kappa shape index (κ3) is 3.38. The number of halogens is 2. The summed E-state index contributed by atoms with van der Waals surface area (Å²) < 4.78 is 13.7. The quantitative estimate of drug-likeness (QED) is 0.777. The van der Waals surface area contributed by atoms with E-state index < -0.39 is 0 Å². The van der Waals surface area contributed by atoms with Gasteiger partial charge in [0, 0.05) is 35.9 Å². The average Bonchev–Trinajstić information content (AvgIpc) is 3.09. The second-order valence-corrected chi connectivity index (χ2v) is 7.96. The highest BCUT2D eigenvalue weighted by atomic mass is 35.5. The number of likely N-dealkylation sites (tertiary alicyclic amines) is 1. The van der Waals surface area contributed by atoms with Gasteiger partial charge in [0.25, 0.3) is 5.91 Å². The standard InChI is InChI=1S/C21H21ClFN3O2/c1-24-12-19(27)26(18-7-3-6-17(23)11-18)14-21(24)8-9-25(13-21)20(28)15-4-2-5-16(22)10-15/h2-7,10-11H,8-9,12-14H2,1H3. The molecule has 0 aromatic heterocycles. The Morgan fingerprint density at radius 3 is 2.68 bits per heavy atom. The van der Waals surface area contributed by atoms with Gasteiger partial charge in [-0.2, -0.15) is 0 Å². The average molecular weight is 402 g/mol. The van der Waals surface area contributed by atoms with E-state index in [1.807, 2.05) is 16.8 Å². The zero-order valence-electron chi connectivity index (χ0n) is 15.6. The normalized spacial score (nSPS) is 22.9. The lowest BCUT2D eigenvalue weighted by Gasteiger charge is -2.46. The lowest BCUT2D eigenvalue weighted by Crippen LogP contribution is -2.64. The van der Waals surface area contributed by atoms with Crippen LogP contribution in [0.5, 0.6) is 0 Å². The molecule has 0 N–H and O–H groups in total. The Bertz CT molecular complexity index is 937. The highest BCUT2D eigenvalue weighted by Crippen LogP contribution is 2.34. The zero-order chi connectivity index (χ0) is 19.9. The molecule has 0 saturated carbocycles. The third-order valence-corrected chi connectivity index (χ3v) is 5.98. The van der Waals surface area contributed by atoms with Crippen LogP contribution < -0.4 is 4.90 Å². The van der Waals surface area contributed by atoms with Gasteiger partial charge in [0.15, 0.2) is 0 Å². The van der Waals surface area contributed by atoms with Crippen molar-refractivity contribution in [1.82, 2.24) is 9.80 Å². The van der Waals surface area contributed by atoms with Gasteiger partial charge in [-0.25, -0.2) is 4.39 Å². The highest BCUT2D eigenvalue weighted by Gasteiger charge is 2.48. The molecule has 1 unspecified atom stereocenters. The summed E-state index contributed by atoms with van der Waals surface area (Å²) in [4.78, 5) is 31.0. The van der Waals surface area contributed by atoms with Crippen molar-refractivity contribution >= 4 is 29.1 Å². The summed E-state index contributed by atoms with van der Waals surface area (Å²) in [5.74, 6) is -0.511. The van der Waals surface area contributed by atoms with Gasteiger partial charge in [-0.1, -0.05) is 23.7 Å². The van der Waals surface area contributed by atoms with Crippen LogP contribution >= 0.6 is 11.6 Å². The van der Waals surface area contributed by atoms with Crippen molar-refractivity contribution in [2.75, 3.05) is 38.1 Å². The number of benzene rings is 2. The number of carbonyl (C=O) groups is 2. The lowest BCUT2D eigenvalue weighted by atomic mass is 9.92. The fourth-order valence-electron chi connectivity index (χ4n) is 4.11. The Labute approximate surface area is 168 Å². The molecule has 2 aliphatic heterocycles. The fraction of sp³-hybridized carbons (Fsp3) is 0.333. The van der Waals surface area contributed by atoms with E-state index in [0.717, 1.165) is 6.42 Å². The van der Waals surface area contributed by atoms with Gasteiger partial charge < -0.3 is 9.80 Å². The zero-order valence-corrected chi connectivity index (χ0v) is 16.3. The summed E-state index contributed by atoms with van der Waals surface area (Å²) in [6.45, 7) is 1.76. The Morgan fingerprint density at radius 2 is 1.93 bits per heavy atom.